The molecule has 1 aliphatic rings. The molecule has 31 heavy (non-hydrogen) atoms. The molecule has 6 nitrogen and oxygen atoms in total. The third-order valence-electron chi connectivity index (χ3n) is 5.29. The van der Waals surface area contributed by atoms with Crippen molar-refractivity contribution in [3.8, 4) is 0 Å². The Hall–Kier alpha value is -2.88. The Bertz CT molecular complexity index is 1220. The Balaban J connectivity index is 1.36. The summed E-state index contributed by atoms with van der Waals surface area (Å²) >= 11 is 0. The summed E-state index contributed by atoms with van der Waals surface area (Å²) < 4.78 is 53.2. The predicted octanol–water partition coefficient (Wildman–Crippen LogP) is 3.06. The second kappa shape index (κ2) is 8.70. The van der Waals surface area contributed by atoms with Gasteiger partial charge in [-0.1, -0.05) is 36.4 Å². The van der Waals surface area contributed by atoms with Gasteiger partial charge in [-0.3, -0.25) is 9.69 Å². The summed E-state index contributed by atoms with van der Waals surface area (Å²) in [6, 6.07) is 16.0. The van der Waals surface area contributed by atoms with Crippen LogP contribution in [0, 0.1) is 11.6 Å². The van der Waals surface area contributed by atoms with Gasteiger partial charge in [0.25, 0.3) is 0 Å². The molecule has 0 spiro atoms. The molecule has 0 unspecified atom stereocenters. The SMILES string of the molecule is O=C(CN1CCN(S(=O)(=O)c2ccc(F)c(F)c2)CC1)Nc1cccc2ccccc12. The number of halogens is 2. The third-order valence-corrected chi connectivity index (χ3v) is 7.19. The number of carbonyl (C=O) groups is 1. The van der Waals surface area contributed by atoms with Crippen molar-refractivity contribution in [3.05, 3.63) is 72.3 Å². The standard InChI is InChI=1S/C22H21F2N3O3S/c23-19-9-8-17(14-20(19)24)31(29,30)27-12-10-26(11-13-27)15-22(28)25-21-7-3-5-16-4-1-2-6-18(16)21/h1-9,14H,10-13,15H2,(H,25,28). The Labute approximate surface area is 179 Å². The molecule has 3 aromatic carbocycles. The lowest BCUT2D eigenvalue weighted by atomic mass is 10.1. The number of amides is 1. The molecule has 0 saturated carbocycles. The largest absolute Gasteiger partial charge is 0.324 e. The number of rotatable bonds is 5. The van der Waals surface area contributed by atoms with Gasteiger partial charge in [0, 0.05) is 37.3 Å². The maximum atomic E-state index is 13.4. The van der Waals surface area contributed by atoms with Crippen LogP contribution in [0.4, 0.5) is 14.5 Å². The van der Waals surface area contributed by atoms with Gasteiger partial charge >= 0.3 is 0 Å². The van der Waals surface area contributed by atoms with Crippen LogP contribution >= 0.6 is 0 Å². The first-order valence-corrected chi connectivity index (χ1v) is 11.2. The van der Waals surface area contributed by atoms with E-state index in [1.165, 1.54) is 4.31 Å². The van der Waals surface area contributed by atoms with Crippen molar-refractivity contribution in [1.29, 1.82) is 0 Å². The van der Waals surface area contributed by atoms with Gasteiger partial charge in [-0.2, -0.15) is 4.31 Å². The molecule has 4 rings (SSSR count). The van der Waals surface area contributed by atoms with E-state index in [-0.39, 0.29) is 30.4 Å². The molecule has 1 aliphatic heterocycles. The van der Waals surface area contributed by atoms with Crippen LogP contribution in [0.2, 0.25) is 0 Å². The number of piperazine rings is 1. The van der Waals surface area contributed by atoms with Gasteiger partial charge in [0.1, 0.15) is 0 Å². The van der Waals surface area contributed by atoms with E-state index >= 15 is 0 Å². The van der Waals surface area contributed by atoms with Crippen molar-refractivity contribution in [2.75, 3.05) is 38.0 Å². The number of nitrogens with zero attached hydrogens (tertiary/aromatic N) is 2. The number of benzene rings is 3. The van der Waals surface area contributed by atoms with E-state index in [0.29, 0.717) is 19.2 Å². The van der Waals surface area contributed by atoms with Crippen molar-refractivity contribution < 1.29 is 22.0 Å². The van der Waals surface area contributed by atoms with E-state index in [2.05, 4.69) is 5.32 Å². The van der Waals surface area contributed by atoms with Gasteiger partial charge in [-0.25, -0.2) is 17.2 Å². The highest BCUT2D eigenvalue weighted by molar-refractivity contribution is 7.89. The van der Waals surface area contributed by atoms with Crippen LogP contribution < -0.4 is 5.32 Å². The molecule has 0 radical (unpaired) electrons. The molecule has 1 N–H and O–H groups in total. The van der Waals surface area contributed by atoms with Crippen LogP contribution in [-0.2, 0) is 14.8 Å². The number of nitrogens with one attached hydrogen (secondary N) is 1. The highest BCUT2D eigenvalue weighted by atomic mass is 32.2. The number of fused-ring (bicyclic) bond motifs is 1. The zero-order chi connectivity index (χ0) is 22.0. The minimum Gasteiger partial charge on any atom is -0.324 e. The summed E-state index contributed by atoms with van der Waals surface area (Å²) in [6.45, 7) is 1.14. The van der Waals surface area contributed by atoms with Crippen LogP contribution in [0.15, 0.2) is 65.6 Å². The Morgan fingerprint density at radius 3 is 2.35 bits per heavy atom. The van der Waals surface area contributed by atoms with Gasteiger partial charge in [0.05, 0.1) is 11.4 Å². The smallest absolute Gasteiger partial charge is 0.243 e. The van der Waals surface area contributed by atoms with Gasteiger partial charge in [-0.15, -0.1) is 0 Å². The first kappa shape index (κ1) is 21.4. The second-order valence-corrected chi connectivity index (χ2v) is 9.27. The van der Waals surface area contributed by atoms with E-state index in [4.69, 9.17) is 0 Å². The summed E-state index contributed by atoms with van der Waals surface area (Å²) in [4.78, 5) is 14.1. The van der Waals surface area contributed by atoms with Crippen molar-refractivity contribution >= 4 is 32.4 Å². The van der Waals surface area contributed by atoms with Crippen molar-refractivity contribution in [3.63, 3.8) is 0 Å². The Morgan fingerprint density at radius 1 is 0.903 bits per heavy atom. The number of hydrogen-bond acceptors (Lipinski definition) is 4. The molecule has 1 heterocycles. The highest BCUT2D eigenvalue weighted by Gasteiger charge is 2.29. The molecule has 162 valence electrons. The number of hydrogen-bond donors (Lipinski definition) is 1. The first-order chi connectivity index (χ1) is 14.8. The van der Waals surface area contributed by atoms with Crippen molar-refractivity contribution in [2.24, 2.45) is 0 Å². The third kappa shape index (κ3) is 4.58. The average Bonchev–Trinajstić information content (AvgIpc) is 2.76. The molecular weight excluding hydrogens is 424 g/mol. The maximum Gasteiger partial charge on any atom is 0.243 e. The summed E-state index contributed by atoms with van der Waals surface area (Å²) in [5, 5.41) is 4.89. The number of sulfonamides is 1. The minimum absolute atomic E-state index is 0.127. The fourth-order valence-electron chi connectivity index (χ4n) is 3.64. The molecule has 1 amide bonds. The van der Waals surface area contributed by atoms with Gasteiger partial charge in [0.15, 0.2) is 11.6 Å². The molecule has 0 atom stereocenters. The molecular formula is C22H21F2N3O3S. The zero-order valence-electron chi connectivity index (χ0n) is 16.6. The predicted molar refractivity (Wildman–Crippen MR) is 114 cm³/mol. The van der Waals surface area contributed by atoms with Gasteiger partial charge in [-0.05, 0) is 29.7 Å². The Morgan fingerprint density at radius 2 is 1.61 bits per heavy atom. The monoisotopic (exact) mass is 445 g/mol. The lowest BCUT2D eigenvalue weighted by Gasteiger charge is -2.33. The van der Waals surface area contributed by atoms with Crippen molar-refractivity contribution in [1.82, 2.24) is 9.21 Å². The van der Waals surface area contributed by atoms with Crippen LogP contribution in [0.3, 0.4) is 0 Å². The summed E-state index contributed by atoms with van der Waals surface area (Å²) in [7, 11) is -3.93. The fraction of sp³-hybridized carbons (Fsp3) is 0.227. The van der Waals surface area contributed by atoms with Crippen molar-refractivity contribution in [2.45, 2.75) is 4.90 Å². The lowest BCUT2D eigenvalue weighted by Crippen LogP contribution is -2.50. The quantitative estimate of drug-likeness (QED) is 0.656. The van der Waals surface area contributed by atoms with Crippen LogP contribution in [0.25, 0.3) is 10.8 Å². The Kier molecular flexibility index (Phi) is 5.99. The molecule has 1 fully saturated rings. The summed E-state index contributed by atoms with van der Waals surface area (Å²) in [6.07, 6.45) is 0. The van der Waals surface area contributed by atoms with Gasteiger partial charge < -0.3 is 5.32 Å². The van der Waals surface area contributed by atoms with E-state index in [9.17, 15) is 22.0 Å². The minimum atomic E-state index is -3.93. The molecule has 3 aromatic rings. The number of anilines is 1. The topological polar surface area (TPSA) is 69.7 Å². The fourth-order valence-corrected chi connectivity index (χ4v) is 5.08. The lowest BCUT2D eigenvalue weighted by molar-refractivity contribution is -0.117. The first-order valence-electron chi connectivity index (χ1n) is 9.80. The summed E-state index contributed by atoms with van der Waals surface area (Å²) in [5.41, 5.74) is 0.725. The molecule has 1 saturated heterocycles. The van der Waals surface area contributed by atoms with E-state index in [1.54, 1.807) is 0 Å². The van der Waals surface area contributed by atoms with Gasteiger partial charge in [0.2, 0.25) is 15.9 Å². The average molecular weight is 445 g/mol. The van der Waals surface area contributed by atoms with Crippen LogP contribution in [0.5, 0.6) is 0 Å². The highest BCUT2D eigenvalue weighted by Crippen LogP contribution is 2.23. The van der Waals surface area contributed by atoms with Crippen LogP contribution in [-0.4, -0.2) is 56.3 Å². The number of carbonyl (C=O) groups excluding carboxylic acids is 1. The summed E-state index contributed by atoms with van der Waals surface area (Å²) in [5.74, 6) is -2.49. The van der Waals surface area contributed by atoms with E-state index in [1.807, 2.05) is 47.4 Å². The van der Waals surface area contributed by atoms with E-state index < -0.39 is 21.7 Å². The maximum absolute atomic E-state index is 13.4. The molecule has 9 heteroatoms. The normalized spacial score (nSPS) is 15.8. The molecule has 0 aliphatic carbocycles. The van der Waals surface area contributed by atoms with E-state index in [0.717, 1.165) is 28.6 Å². The second-order valence-electron chi connectivity index (χ2n) is 7.33. The molecule has 0 bridgehead atoms. The van der Waals surface area contributed by atoms with Crippen LogP contribution in [0.1, 0.15) is 0 Å². The molecule has 0 aromatic heterocycles. The zero-order valence-corrected chi connectivity index (χ0v) is 17.4.